The second-order valence-corrected chi connectivity index (χ2v) is 6.98. The van der Waals surface area contributed by atoms with Crippen LogP contribution < -0.4 is 0 Å². The molecule has 2 aromatic rings. The summed E-state index contributed by atoms with van der Waals surface area (Å²) < 4.78 is 1.09. The maximum Gasteiger partial charge on any atom is 0.264 e. The predicted octanol–water partition coefficient (Wildman–Crippen LogP) is 6.01. The Morgan fingerprint density at radius 2 is 2.17 bits per heavy atom. The number of hydrogen-bond acceptors (Lipinski definition) is 2. The molecule has 0 bridgehead atoms. The number of allylic oxidation sites excluding steroid dienone is 3. The summed E-state index contributed by atoms with van der Waals surface area (Å²) in [6.45, 7) is 11.0. The van der Waals surface area contributed by atoms with Crippen molar-refractivity contribution in [1.82, 2.24) is 4.90 Å². The molecule has 0 N–H and O–H groups in total. The molecule has 0 saturated heterocycles. The Balaban J connectivity index is 2.35. The highest BCUT2D eigenvalue weighted by Crippen LogP contribution is 2.33. The fraction of sp³-hybridized carbons (Fsp3) is 0.250. The number of fused-ring (bicyclic) bond motifs is 1. The number of thiophene rings is 1. The largest absolute Gasteiger partial charge is 0.334 e. The molecule has 1 aromatic heterocycles. The van der Waals surface area contributed by atoms with E-state index >= 15 is 0 Å². The molecule has 0 atom stereocenters. The van der Waals surface area contributed by atoms with Crippen molar-refractivity contribution in [2.24, 2.45) is 0 Å². The monoisotopic (exact) mass is 359 g/mol. The van der Waals surface area contributed by atoms with Crippen LogP contribution in [0.5, 0.6) is 0 Å². The number of benzene rings is 1. The van der Waals surface area contributed by atoms with Crippen molar-refractivity contribution < 1.29 is 4.79 Å². The van der Waals surface area contributed by atoms with E-state index in [0.717, 1.165) is 26.1 Å². The summed E-state index contributed by atoms with van der Waals surface area (Å²) in [7, 11) is 0. The average Bonchev–Trinajstić information content (AvgIpc) is 2.91. The van der Waals surface area contributed by atoms with Crippen LogP contribution in [-0.4, -0.2) is 23.9 Å². The van der Waals surface area contributed by atoms with E-state index in [-0.39, 0.29) is 5.91 Å². The molecule has 0 aliphatic carbocycles. The Morgan fingerprint density at radius 3 is 2.79 bits per heavy atom. The fourth-order valence-electron chi connectivity index (χ4n) is 2.49. The number of amides is 1. The number of carbonyl (C=O) groups is 1. The number of hydrogen-bond donors (Lipinski definition) is 0. The van der Waals surface area contributed by atoms with Gasteiger partial charge in [0.2, 0.25) is 0 Å². The Bertz CT molecular complexity index is 816. The minimum Gasteiger partial charge on any atom is -0.334 e. The first-order chi connectivity index (χ1) is 11.5. The summed E-state index contributed by atoms with van der Waals surface area (Å²) in [6, 6.07) is 5.77. The zero-order valence-electron chi connectivity index (χ0n) is 14.3. The number of carbonyl (C=O) groups excluding carboxylic acids is 1. The summed E-state index contributed by atoms with van der Waals surface area (Å²) >= 11 is 7.62. The molecular formula is C20H22ClNOS. The first kappa shape index (κ1) is 18.5. The lowest BCUT2D eigenvalue weighted by Gasteiger charge is -2.21. The number of rotatable bonds is 6. The van der Waals surface area contributed by atoms with Gasteiger partial charge >= 0.3 is 0 Å². The van der Waals surface area contributed by atoms with E-state index in [0.29, 0.717) is 18.1 Å². The van der Waals surface area contributed by atoms with Gasteiger partial charge in [-0.1, -0.05) is 42.5 Å². The molecule has 1 amide bonds. The van der Waals surface area contributed by atoms with E-state index in [1.54, 1.807) is 6.08 Å². The Morgan fingerprint density at radius 1 is 1.42 bits per heavy atom. The van der Waals surface area contributed by atoms with Crippen molar-refractivity contribution in [3.8, 4) is 0 Å². The van der Waals surface area contributed by atoms with Gasteiger partial charge in [-0.2, -0.15) is 0 Å². The highest BCUT2D eigenvalue weighted by atomic mass is 35.5. The van der Waals surface area contributed by atoms with Crippen LogP contribution in [0.2, 0.25) is 5.02 Å². The lowest BCUT2D eigenvalue weighted by Crippen LogP contribution is -2.32. The van der Waals surface area contributed by atoms with E-state index in [9.17, 15) is 4.79 Å². The summed E-state index contributed by atoms with van der Waals surface area (Å²) in [5.41, 5.74) is 2.02. The maximum absolute atomic E-state index is 13.0. The smallest absolute Gasteiger partial charge is 0.264 e. The molecule has 1 heterocycles. The minimum absolute atomic E-state index is 0.0561. The van der Waals surface area contributed by atoms with Crippen LogP contribution in [0, 0.1) is 6.92 Å². The lowest BCUT2D eigenvalue weighted by atomic mass is 10.1. The molecule has 126 valence electrons. The Hall–Kier alpha value is -1.84. The van der Waals surface area contributed by atoms with Crippen LogP contribution in [-0.2, 0) is 0 Å². The van der Waals surface area contributed by atoms with E-state index in [2.05, 4.69) is 6.58 Å². The van der Waals surface area contributed by atoms with Crippen molar-refractivity contribution in [2.45, 2.75) is 20.8 Å². The molecule has 0 saturated carbocycles. The summed E-state index contributed by atoms with van der Waals surface area (Å²) in [5.74, 6) is 0.0561. The van der Waals surface area contributed by atoms with E-state index in [1.165, 1.54) is 11.3 Å². The number of likely N-dealkylation sites (N-methyl/N-ethyl adjacent to an activating group) is 1. The Kier molecular flexibility index (Phi) is 6.41. The van der Waals surface area contributed by atoms with Gasteiger partial charge in [0, 0.05) is 22.8 Å². The molecular weight excluding hydrogens is 338 g/mol. The van der Waals surface area contributed by atoms with Gasteiger partial charge in [-0.05, 0) is 55.5 Å². The van der Waals surface area contributed by atoms with Gasteiger partial charge in [-0.25, -0.2) is 0 Å². The van der Waals surface area contributed by atoms with E-state index < -0.39 is 0 Å². The van der Waals surface area contributed by atoms with Gasteiger partial charge in [-0.15, -0.1) is 11.3 Å². The zero-order valence-corrected chi connectivity index (χ0v) is 15.9. The molecule has 0 unspecified atom stereocenters. The van der Waals surface area contributed by atoms with E-state index in [1.807, 2.05) is 62.1 Å². The topological polar surface area (TPSA) is 20.3 Å². The molecule has 2 nitrogen and oxygen atoms in total. The SMILES string of the molecule is C=C/C(=C\C=C/C)CN(CC)C(=O)c1sc2ccc(Cl)cc2c1C. The second-order valence-electron chi connectivity index (χ2n) is 5.49. The molecule has 0 aliphatic rings. The van der Waals surface area contributed by atoms with Gasteiger partial charge in [0.1, 0.15) is 0 Å². The molecule has 0 radical (unpaired) electrons. The van der Waals surface area contributed by atoms with Gasteiger partial charge < -0.3 is 4.90 Å². The van der Waals surface area contributed by atoms with Crippen LogP contribution in [0.15, 0.2) is 54.7 Å². The molecule has 1 aromatic carbocycles. The predicted molar refractivity (Wildman–Crippen MR) is 106 cm³/mol. The highest BCUT2D eigenvalue weighted by molar-refractivity contribution is 7.21. The number of aryl methyl sites for hydroxylation is 1. The third-order valence-corrected chi connectivity index (χ3v) is 5.40. The quantitative estimate of drug-likeness (QED) is 0.578. The summed E-state index contributed by atoms with van der Waals surface area (Å²) in [4.78, 5) is 15.6. The van der Waals surface area contributed by atoms with Crippen LogP contribution in [0.3, 0.4) is 0 Å². The van der Waals surface area contributed by atoms with Gasteiger partial charge in [0.05, 0.1) is 4.88 Å². The first-order valence-corrected chi connectivity index (χ1v) is 9.13. The van der Waals surface area contributed by atoms with Crippen LogP contribution in [0.1, 0.15) is 29.1 Å². The molecule has 24 heavy (non-hydrogen) atoms. The first-order valence-electron chi connectivity index (χ1n) is 7.94. The van der Waals surface area contributed by atoms with Gasteiger partial charge in [0.15, 0.2) is 0 Å². The molecule has 0 aliphatic heterocycles. The van der Waals surface area contributed by atoms with Crippen molar-refractivity contribution >= 4 is 38.9 Å². The molecule has 4 heteroatoms. The highest BCUT2D eigenvalue weighted by Gasteiger charge is 2.20. The van der Waals surface area contributed by atoms with Crippen molar-refractivity contribution in [2.75, 3.05) is 13.1 Å². The zero-order chi connectivity index (χ0) is 17.7. The Labute approximate surface area is 152 Å². The van der Waals surface area contributed by atoms with Crippen molar-refractivity contribution in [1.29, 1.82) is 0 Å². The number of nitrogens with zero attached hydrogens (tertiary/aromatic N) is 1. The third-order valence-electron chi connectivity index (χ3n) is 3.90. The maximum atomic E-state index is 13.0. The normalized spacial score (nSPS) is 12.1. The number of halogens is 1. The third kappa shape index (κ3) is 3.97. The standard InChI is InChI=1S/C20H22ClNOS/c1-5-8-9-15(6-2)13-22(7-3)20(23)19-14(4)17-12-16(21)10-11-18(17)24-19/h5-6,8-12H,2,7,13H2,1,3-4H3/b8-5-,15-9+. The minimum atomic E-state index is 0.0561. The fourth-order valence-corrected chi connectivity index (χ4v) is 3.82. The van der Waals surface area contributed by atoms with Gasteiger partial charge in [-0.3, -0.25) is 4.79 Å². The van der Waals surface area contributed by atoms with Crippen molar-refractivity contribution in [3.05, 3.63) is 70.1 Å². The summed E-state index contributed by atoms with van der Waals surface area (Å²) in [5, 5.41) is 1.75. The van der Waals surface area contributed by atoms with Crippen LogP contribution in [0.4, 0.5) is 0 Å². The van der Waals surface area contributed by atoms with Crippen molar-refractivity contribution in [3.63, 3.8) is 0 Å². The van der Waals surface area contributed by atoms with Gasteiger partial charge in [0.25, 0.3) is 5.91 Å². The van der Waals surface area contributed by atoms with E-state index in [4.69, 9.17) is 11.6 Å². The molecule has 0 fully saturated rings. The molecule has 2 rings (SSSR count). The molecule has 0 spiro atoms. The van der Waals surface area contributed by atoms with Crippen LogP contribution >= 0.6 is 22.9 Å². The second kappa shape index (κ2) is 8.32. The summed E-state index contributed by atoms with van der Waals surface area (Å²) in [6.07, 6.45) is 7.71. The average molecular weight is 360 g/mol. The lowest BCUT2D eigenvalue weighted by molar-refractivity contribution is 0.0783. The van der Waals surface area contributed by atoms with Crippen LogP contribution in [0.25, 0.3) is 10.1 Å².